The zero-order chi connectivity index (χ0) is 19.2. The normalized spacial score (nSPS) is 18.2. The summed E-state index contributed by atoms with van der Waals surface area (Å²) in [5.74, 6) is 0.285. The van der Waals surface area contributed by atoms with E-state index in [0.717, 1.165) is 12.3 Å². The Hall–Kier alpha value is -2.88. The van der Waals surface area contributed by atoms with Gasteiger partial charge in [-0.05, 0) is 25.1 Å². The molecule has 0 saturated carbocycles. The van der Waals surface area contributed by atoms with Gasteiger partial charge in [0.1, 0.15) is 11.3 Å². The molecule has 0 unspecified atom stereocenters. The van der Waals surface area contributed by atoms with E-state index in [2.05, 4.69) is 15.1 Å². The van der Waals surface area contributed by atoms with Crippen molar-refractivity contribution < 1.29 is 17.9 Å². The maximum absolute atomic E-state index is 13.5. The molecule has 1 aliphatic heterocycles. The van der Waals surface area contributed by atoms with E-state index in [-0.39, 0.29) is 23.2 Å². The summed E-state index contributed by atoms with van der Waals surface area (Å²) in [4.78, 5) is 10.3. The Morgan fingerprint density at radius 3 is 2.89 bits per heavy atom. The number of anilines is 2. The van der Waals surface area contributed by atoms with Gasteiger partial charge in [-0.2, -0.15) is 13.2 Å². The zero-order valence-electron chi connectivity index (χ0n) is 14.4. The molecule has 4 heterocycles. The second-order valence-corrected chi connectivity index (χ2v) is 6.37. The van der Waals surface area contributed by atoms with Gasteiger partial charge in [-0.1, -0.05) is 0 Å². The van der Waals surface area contributed by atoms with E-state index in [1.807, 2.05) is 17.9 Å². The predicted octanol–water partition coefficient (Wildman–Crippen LogP) is 2.62. The maximum Gasteiger partial charge on any atom is 0.417 e. The summed E-state index contributed by atoms with van der Waals surface area (Å²) in [5, 5.41) is 4.26. The summed E-state index contributed by atoms with van der Waals surface area (Å²) >= 11 is 0. The highest BCUT2D eigenvalue weighted by Crippen LogP contribution is 2.37. The second-order valence-electron chi connectivity index (χ2n) is 6.37. The summed E-state index contributed by atoms with van der Waals surface area (Å²) in [6.45, 7) is 3.61. The fraction of sp³-hybridized carbons (Fsp3) is 0.353. The average Bonchev–Trinajstić information content (AvgIpc) is 3.09. The highest BCUT2D eigenvalue weighted by Gasteiger charge is 2.35. The van der Waals surface area contributed by atoms with E-state index in [0.29, 0.717) is 31.1 Å². The van der Waals surface area contributed by atoms with Gasteiger partial charge in [0, 0.05) is 18.9 Å². The van der Waals surface area contributed by atoms with Gasteiger partial charge in [0.15, 0.2) is 11.6 Å². The van der Waals surface area contributed by atoms with Crippen LogP contribution in [0.3, 0.4) is 0 Å². The number of rotatable bonds is 2. The molecule has 1 atom stereocenters. The number of hydrogen-bond acceptors (Lipinski definition) is 6. The van der Waals surface area contributed by atoms with Crippen LogP contribution in [0.15, 0.2) is 30.6 Å². The first kappa shape index (κ1) is 17.5. The fourth-order valence-corrected chi connectivity index (χ4v) is 3.17. The Labute approximate surface area is 152 Å². The smallest absolute Gasteiger partial charge is 0.384 e. The third-order valence-electron chi connectivity index (χ3n) is 4.48. The van der Waals surface area contributed by atoms with Crippen molar-refractivity contribution in [2.75, 3.05) is 30.4 Å². The summed E-state index contributed by atoms with van der Waals surface area (Å²) in [7, 11) is 0. The Kier molecular flexibility index (Phi) is 4.14. The second kappa shape index (κ2) is 6.38. The van der Waals surface area contributed by atoms with Crippen molar-refractivity contribution in [2.24, 2.45) is 0 Å². The quantitative estimate of drug-likeness (QED) is 0.738. The zero-order valence-corrected chi connectivity index (χ0v) is 14.4. The average molecular weight is 378 g/mol. The SMILES string of the molecule is C[C@H]1COCCN1c1nc(-c2cnc(N)cc2C(F)(F)F)nn2cccc12. The minimum absolute atomic E-state index is 0.0341. The summed E-state index contributed by atoms with van der Waals surface area (Å²) in [6.07, 6.45) is -1.86. The van der Waals surface area contributed by atoms with E-state index >= 15 is 0 Å². The number of nitrogen functional groups attached to an aromatic ring is 1. The largest absolute Gasteiger partial charge is 0.417 e. The molecule has 142 valence electrons. The van der Waals surface area contributed by atoms with Crippen LogP contribution in [-0.2, 0) is 10.9 Å². The molecule has 2 N–H and O–H groups in total. The van der Waals surface area contributed by atoms with Crippen LogP contribution < -0.4 is 10.6 Å². The summed E-state index contributed by atoms with van der Waals surface area (Å²) in [5.41, 5.74) is 5.05. The van der Waals surface area contributed by atoms with Crippen molar-refractivity contribution in [3.8, 4) is 11.4 Å². The highest BCUT2D eigenvalue weighted by molar-refractivity contribution is 5.73. The molecule has 0 aromatic carbocycles. The third kappa shape index (κ3) is 3.16. The van der Waals surface area contributed by atoms with Crippen LogP contribution in [0, 0.1) is 0 Å². The van der Waals surface area contributed by atoms with E-state index in [1.54, 1.807) is 12.3 Å². The highest BCUT2D eigenvalue weighted by atomic mass is 19.4. The molecule has 0 aliphatic carbocycles. The molecule has 1 saturated heterocycles. The molecular weight excluding hydrogens is 361 g/mol. The molecular formula is C17H17F3N6O. The van der Waals surface area contributed by atoms with Crippen molar-refractivity contribution in [3.63, 3.8) is 0 Å². The number of alkyl halides is 3. The minimum Gasteiger partial charge on any atom is -0.384 e. The molecule has 1 aliphatic rings. The van der Waals surface area contributed by atoms with Gasteiger partial charge in [-0.15, -0.1) is 5.10 Å². The number of morpholine rings is 1. The Morgan fingerprint density at radius 2 is 2.15 bits per heavy atom. The number of aromatic nitrogens is 4. The Bertz CT molecular complexity index is 986. The topological polar surface area (TPSA) is 81.6 Å². The number of pyridine rings is 1. The summed E-state index contributed by atoms with van der Waals surface area (Å²) in [6, 6.07) is 4.43. The number of halogens is 3. The molecule has 7 nitrogen and oxygen atoms in total. The van der Waals surface area contributed by atoms with Crippen molar-refractivity contribution in [1.29, 1.82) is 0 Å². The molecule has 3 aromatic heterocycles. The molecule has 1 fully saturated rings. The molecule has 0 spiro atoms. The van der Waals surface area contributed by atoms with Gasteiger partial charge in [0.2, 0.25) is 0 Å². The van der Waals surface area contributed by atoms with Gasteiger partial charge in [0.05, 0.1) is 30.4 Å². The van der Waals surface area contributed by atoms with Crippen molar-refractivity contribution in [3.05, 3.63) is 36.2 Å². The summed E-state index contributed by atoms with van der Waals surface area (Å²) < 4.78 is 47.5. The van der Waals surface area contributed by atoms with Crippen molar-refractivity contribution in [1.82, 2.24) is 19.6 Å². The van der Waals surface area contributed by atoms with Gasteiger partial charge in [-0.3, -0.25) is 0 Å². The van der Waals surface area contributed by atoms with Crippen LogP contribution in [0.1, 0.15) is 12.5 Å². The van der Waals surface area contributed by atoms with Crippen LogP contribution in [-0.4, -0.2) is 45.4 Å². The molecule has 3 aromatic rings. The lowest BCUT2D eigenvalue weighted by molar-refractivity contribution is -0.137. The van der Waals surface area contributed by atoms with Crippen molar-refractivity contribution >= 4 is 17.2 Å². The maximum atomic E-state index is 13.5. The van der Waals surface area contributed by atoms with E-state index in [1.165, 1.54) is 4.52 Å². The molecule has 0 radical (unpaired) electrons. The van der Waals surface area contributed by atoms with Gasteiger partial charge in [0.25, 0.3) is 0 Å². The van der Waals surface area contributed by atoms with Gasteiger partial charge in [-0.25, -0.2) is 14.5 Å². The number of nitrogens with zero attached hydrogens (tertiary/aromatic N) is 5. The van der Waals surface area contributed by atoms with Crippen LogP contribution in [0.2, 0.25) is 0 Å². The van der Waals surface area contributed by atoms with E-state index in [9.17, 15) is 13.2 Å². The number of ether oxygens (including phenoxy) is 1. The van der Waals surface area contributed by atoms with E-state index in [4.69, 9.17) is 10.5 Å². The third-order valence-corrected chi connectivity index (χ3v) is 4.48. The first-order chi connectivity index (χ1) is 12.8. The predicted molar refractivity (Wildman–Crippen MR) is 93.3 cm³/mol. The van der Waals surface area contributed by atoms with Crippen LogP contribution in [0.4, 0.5) is 24.8 Å². The van der Waals surface area contributed by atoms with Gasteiger partial charge >= 0.3 is 6.18 Å². The van der Waals surface area contributed by atoms with Crippen LogP contribution in [0.5, 0.6) is 0 Å². The Balaban J connectivity index is 1.92. The number of fused-ring (bicyclic) bond motifs is 1. The van der Waals surface area contributed by atoms with Crippen LogP contribution in [0.25, 0.3) is 16.9 Å². The van der Waals surface area contributed by atoms with Gasteiger partial charge < -0.3 is 15.4 Å². The lowest BCUT2D eigenvalue weighted by atomic mass is 10.1. The monoisotopic (exact) mass is 378 g/mol. The van der Waals surface area contributed by atoms with Crippen molar-refractivity contribution in [2.45, 2.75) is 19.1 Å². The lowest BCUT2D eigenvalue weighted by Gasteiger charge is -2.34. The van der Waals surface area contributed by atoms with Crippen LogP contribution >= 0.6 is 0 Å². The fourth-order valence-electron chi connectivity index (χ4n) is 3.17. The molecule has 0 bridgehead atoms. The molecule has 10 heteroatoms. The number of nitrogens with two attached hydrogens (primary N) is 1. The lowest BCUT2D eigenvalue weighted by Crippen LogP contribution is -2.44. The molecule has 0 amide bonds. The molecule has 27 heavy (non-hydrogen) atoms. The van der Waals surface area contributed by atoms with E-state index < -0.39 is 11.7 Å². The standard InChI is InChI=1S/C17H17F3N6O/c1-10-9-27-6-5-25(10)16-13-3-2-4-26(13)24-15(23-16)11-8-22-14(21)7-12(11)17(18,19)20/h2-4,7-8,10H,5-6,9H2,1H3,(H2,21,22)/t10-/m0/s1. The first-order valence-electron chi connectivity index (χ1n) is 8.37. The first-order valence-corrected chi connectivity index (χ1v) is 8.37. The Morgan fingerprint density at radius 1 is 1.33 bits per heavy atom. The minimum atomic E-state index is -4.60. The number of hydrogen-bond donors (Lipinski definition) is 1. The molecule has 4 rings (SSSR count).